The van der Waals surface area contributed by atoms with Gasteiger partial charge in [-0.15, -0.1) is 16.4 Å². The molecule has 0 spiro atoms. The average molecular weight is 494 g/mol. The number of rotatable bonds is 5. The van der Waals surface area contributed by atoms with Crippen molar-refractivity contribution in [2.75, 3.05) is 0 Å². The van der Waals surface area contributed by atoms with Crippen molar-refractivity contribution >= 4 is 16.9 Å². The zero-order valence-electron chi connectivity index (χ0n) is 21.4. The smallest absolute Gasteiger partial charge is 0.210 e. The second-order valence-electron chi connectivity index (χ2n) is 10.1. The van der Waals surface area contributed by atoms with Crippen molar-refractivity contribution in [3.63, 3.8) is 0 Å². The van der Waals surface area contributed by atoms with Gasteiger partial charge in [-0.05, 0) is 55.0 Å². The highest BCUT2D eigenvalue weighted by atomic mass is 32.1. The first-order chi connectivity index (χ1) is 17.6. The third-order valence-electron chi connectivity index (χ3n) is 8.03. The summed E-state index contributed by atoms with van der Waals surface area (Å²) in [4.78, 5) is 1.45. The summed E-state index contributed by atoms with van der Waals surface area (Å²) in [6.07, 6.45) is 17.9. The molecule has 0 saturated carbocycles. The quantitative estimate of drug-likeness (QED) is 0.271. The van der Waals surface area contributed by atoms with Gasteiger partial charge in [-0.3, -0.25) is 0 Å². The number of hydrogen-bond donors (Lipinski definition) is 0. The predicted octanol–water partition coefficient (Wildman–Crippen LogP) is 7.45. The number of fused-ring (bicyclic) bond motifs is 3. The van der Waals surface area contributed by atoms with Gasteiger partial charge in [0.1, 0.15) is 10.7 Å². The largest absolute Gasteiger partial charge is 0.214 e. The molecule has 0 amide bonds. The second kappa shape index (κ2) is 9.29. The van der Waals surface area contributed by atoms with Crippen LogP contribution in [0.4, 0.5) is 0 Å². The summed E-state index contributed by atoms with van der Waals surface area (Å²) in [6, 6.07) is 15.6. The van der Waals surface area contributed by atoms with E-state index in [1.165, 1.54) is 32.8 Å². The highest BCUT2D eigenvalue weighted by Gasteiger charge is 2.41. The molecule has 0 saturated heterocycles. The molecule has 0 fully saturated rings. The number of allylic oxidation sites excluding steroid dienone is 4. The summed E-state index contributed by atoms with van der Waals surface area (Å²) in [7, 11) is 0. The van der Waals surface area contributed by atoms with Crippen molar-refractivity contribution in [1.29, 1.82) is 0 Å². The molecule has 182 valence electrons. The number of thiophene rings is 1. The van der Waals surface area contributed by atoms with E-state index in [2.05, 4.69) is 109 Å². The fraction of sp³-hybridized carbons (Fsp3) is 0.323. The third-order valence-corrected chi connectivity index (χ3v) is 9.22. The minimum Gasteiger partial charge on any atom is -0.210 e. The van der Waals surface area contributed by atoms with Crippen LogP contribution in [0.25, 0.3) is 33.1 Å². The minimum atomic E-state index is 0.177. The van der Waals surface area contributed by atoms with Gasteiger partial charge in [0.15, 0.2) is 11.7 Å². The zero-order valence-corrected chi connectivity index (χ0v) is 22.2. The van der Waals surface area contributed by atoms with Crippen LogP contribution in [-0.4, -0.2) is 15.0 Å². The van der Waals surface area contributed by atoms with E-state index in [4.69, 9.17) is 0 Å². The normalized spacial score (nSPS) is 16.2. The van der Waals surface area contributed by atoms with Gasteiger partial charge in [0.25, 0.3) is 0 Å². The first-order valence-corrected chi connectivity index (χ1v) is 14.0. The van der Waals surface area contributed by atoms with Gasteiger partial charge in [-0.1, -0.05) is 55.5 Å². The lowest BCUT2D eigenvalue weighted by Crippen LogP contribution is -2.56. The van der Waals surface area contributed by atoms with E-state index in [0.29, 0.717) is 0 Å². The Morgan fingerprint density at radius 2 is 1.92 bits per heavy atom. The maximum Gasteiger partial charge on any atom is 0.214 e. The van der Waals surface area contributed by atoms with Gasteiger partial charge in [0.2, 0.25) is 5.69 Å². The van der Waals surface area contributed by atoms with E-state index in [9.17, 15) is 0 Å². The molecule has 0 radical (unpaired) electrons. The van der Waals surface area contributed by atoms with Crippen LogP contribution >= 0.6 is 11.3 Å². The lowest BCUT2D eigenvalue weighted by molar-refractivity contribution is -0.757. The van der Waals surface area contributed by atoms with Gasteiger partial charge < -0.3 is 0 Å². The number of pyridine rings is 1. The predicted molar refractivity (Wildman–Crippen MR) is 148 cm³/mol. The topological polar surface area (TPSA) is 34.6 Å². The van der Waals surface area contributed by atoms with Gasteiger partial charge in [0, 0.05) is 41.8 Å². The molecule has 1 aliphatic carbocycles. The molecule has 4 aromatic rings. The van der Waals surface area contributed by atoms with Crippen LogP contribution in [0.2, 0.25) is 0 Å². The van der Waals surface area contributed by atoms with Crippen LogP contribution in [-0.2, 0) is 12.0 Å². The average Bonchev–Trinajstić information content (AvgIpc) is 3.56. The Morgan fingerprint density at radius 1 is 1.06 bits per heavy atom. The molecular formula is C31H33N4S+. The van der Waals surface area contributed by atoms with Crippen molar-refractivity contribution in [1.82, 2.24) is 15.0 Å². The summed E-state index contributed by atoms with van der Waals surface area (Å²) < 4.78 is 4.50. The third kappa shape index (κ3) is 3.96. The maximum absolute atomic E-state index is 4.56. The number of aryl methyl sites for hydroxylation is 2. The fourth-order valence-electron chi connectivity index (χ4n) is 5.76. The number of benzene rings is 1. The molecule has 1 aromatic carbocycles. The first kappa shape index (κ1) is 23.1. The highest BCUT2D eigenvalue weighted by molar-refractivity contribution is 7.15. The Kier molecular flexibility index (Phi) is 5.96. The first-order valence-electron chi connectivity index (χ1n) is 13.2. The molecule has 4 heterocycles. The number of hydrogen-bond acceptors (Lipinski definition) is 3. The van der Waals surface area contributed by atoms with Gasteiger partial charge >= 0.3 is 0 Å². The number of nitrogens with zero attached hydrogens (tertiary/aromatic N) is 4. The molecule has 3 aromatic heterocycles. The Balaban J connectivity index is 1.37. The van der Waals surface area contributed by atoms with Crippen LogP contribution < -0.4 is 4.57 Å². The van der Waals surface area contributed by atoms with Crippen LogP contribution in [0.3, 0.4) is 0 Å². The zero-order chi connectivity index (χ0) is 24.7. The lowest BCUT2D eigenvalue weighted by atomic mass is 9.87. The number of aromatic nitrogens is 4. The Bertz CT molecular complexity index is 1480. The Labute approximate surface area is 217 Å². The van der Waals surface area contributed by atoms with Crippen LogP contribution in [0.1, 0.15) is 62.0 Å². The molecule has 6 rings (SSSR count). The van der Waals surface area contributed by atoms with Gasteiger partial charge in [0.05, 0.1) is 11.8 Å². The van der Waals surface area contributed by atoms with Crippen molar-refractivity contribution in [3.05, 3.63) is 89.1 Å². The van der Waals surface area contributed by atoms with Crippen molar-refractivity contribution in [2.45, 2.75) is 64.8 Å². The van der Waals surface area contributed by atoms with E-state index in [1.54, 1.807) is 0 Å². The maximum atomic E-state index is 4.56. The SMILES string of the molecule is CCC1(CC)CCc2sc(-n3cc(-c4cccc(C5=CCCC=C5)c4)nn3)cc2-c2cc(C)cc[n+]21. The van der Waals surface area contributed by atoms with E-state index >= 15 is 0 Å². The highest BCUT2D eigenvalue weighted by Crippen LogP contribution is 2.40. The van der Waals surface area contributed by atoms with Crippen LogP contribution in [0.5, 0.6) is 0 Å². The lowest BCUT2D eigenvalue weighted by Gasteiger charge is -2.26. The summed E-state index contributed by atoms with van der Waals surface area (Å²) in [6.45, 7) is 6.85. The fourth-order valence-corrected chi connectivity index (χ4v) is 6.85. The van der Waals surface area contributed by atoms with Gasteiger partial charge in [-0.2, -0.15) is 4.57 Å². The van der Waals surface area contributed by atoms with E-state index in [0.717, 1.165) is 54.8 Å². The summed E-state index contributed by atoms with van der Waals surface area (Å²) in [5, 5.41) is 10.2. The van der Waals surface area contributed by atoms with Crippen LogP contribution in [0.15, 0.2) is 73.1 Å². The molecule has 0 N–H and O–H groups in total. The second-order valence-corrected chi connectivity index (χ2v) is 11.2. The Hall–Kier alpha value is -3.31. The summed E-state index contributed by atoms with van der Waals surface area (Å²) in [5.41, 5.74) is 8.68. The molecular weight excluding hydrogens is 460 g/mol. The summed E-state index contributed by atoms with van der Waals surface area (Å²) >= 11 is 1.86. The molecule has 0 unspecified atom stereocenters. The molecule has 2 aliphatic rings. The monoisotopic (exact) mass is 493 g/mol. The molecule has 0 bridgehead atoms. The molecule has 36 heavy (non-hydrogen) atoms. The van der Waals surface area contributed by atoms with E-state index in [-0.39, 0.29) is 5.54 Å². The molecule has 0 atom stereocenters. The molecule has 5 heteroatoms. The molecule has 1 aliphatic heterocycles. The van der Waals surface area contributed by atoms with Crippen molar-refractivity contribution in [2.24, 2.45) is 0 Å². The molecule has 4 nitrogen and oxygen atoms in total. The Morgan fingerprint density at radius 3 is 2.72 bits per heavy atom. The standard InChI is InChI=1S/C31H33N4S/c1-4-31(5-2)16-14-29-26(28-18-22(3)15-17-34(28)31)20-30(36-29)35-21-27(32-33-35)25-13-9-12-24(19-25)23-10-7-6-8-11-23/h7,9-13,15,17-21H,4-6,8,14,16H2,1-3H3/q+1. The van der Waals surface area contributed by atoms with Crippen molar-refractivity contribution in [3.8, 4) is 27.5 Å². The minimum absolute atomic E-state index is 0.177. The van der Waals surface area contributed by atoms with E-state index < -0.39 is 0 Å². The summed E-state index contributed by atoms with van der Waals surface area (Å²) in [5.74, 6) is 0. The van der Waals surface area contributed by atoms with Gasteiger partial charge in [-0.25, -0.2) is 4.68 Å². The van der Waals surface area contributed by atoms with Crippen molar-refractivity contribution < 1.29 is 4.57 Å². The van der Waals surface area contributed by atoms with E-state index in [1.807, 2.05) is 16.0 Å². The van der Waals surface area contributed by atoms with Crippen LogP contribution in [0, 0.1) is 6.92 Å².